The Morgan fingerprint density at radius 1 is 1.13 bits per heavy atom. The number of amides is 3. The third-order valence-corrected chi connectivity index (χ3v) is 13.4. The van der Waals surface area contributed by atoms with Crippen molar-refractivity contribution in [3.8, 4) is 22.2 Å². The molecule has 3 saturated carbocycles. The third kappa shape index (κ3) is 7.01. The zero-order valence-corrected chi connectivity index (χ0v) is 31.3. The first-order chi connectivity index (χ1) is 24.8. The summed E-state index contributed by atoms with van der Waals surface area (Å²) in [5.74, 6) is -3.60. The van der Waals surface area contributed by atoms with Crippen molar-refractivity contribution < 1.29 is 36.7 Å². The van der Waals surface area contributed by atoms with Gasteiger partial charge in [-0.15, -0.1) is 11.3 Å². The molecule has 1 aliphatic heterocycles. The first kappa shape index (κ1) is 36.3. The molecule has 15 heteroatoms. The number of rotatable bonds is 8. The van der Waals surface area contributed by atoms with Gasteiger partial charge in [-0.25, -0.2) is 22.8 Å². The summed E-state index contributed by atoms with van der Waals surface area (Å²) in [7, 11) is -0.753. The molecule has 52 heavy (non-hydrogen) atoms. The maximum absolute atomic E-state index is 15.7. The number of thiazole rings is 1. The number of carbonyl (C=O) groups is 3. The van der Waals surface area contributed by atoms with Crippen LogP contribution in [-0.2, 0) is 24.4 Å². The molecule has 0 saturated heterocycles. The van der Waals surface area contributed by atoms with E-state index in [1.165, 1.54) is 24.5 Å². The predicted molar refractivity (Wildman–Crippen MR) is 194 cm³/mol. The Balaban J connectivity index is 1.21. The van der Waals surface area contributed by atoms with Gasteiger partial charge in [0.15, 0.2) is 11.6 Å². The highest BCUT2D eigenvalue weighted by atomic mass is 32.2. The van der Waals surface area contributed by atoms with E-state index in [0.29, 0.717) is 41.2 Å². The standard InChI is InChI=1S/C37H44FN5O7S2/c1-20(2)28-19-51-34(40-28)27-17-30(24-12-13-29(49-4)31(38)32(24)39-27)50-22-15-25-26(16-22)35(45)43(3)14-8-6-5-7-9-21-18-37(21,41-33(25)44)36(46)42-52(47,48)23-10-11-23/h7,9,12-13,17,19-23,25-26H,5-6,8,10-11,14-16,18H2,1-4H3,(H,41,44)(H,42,46)/b9-7-/t21-,22+,25+,26+,37-/m0/s1. The van der Waals surface area contributed by atoms with Crippen molar-refractivity contribution in [2.75, 3.05) is 20.7 Å². The fourth-order valence-corrected chi connectivity index (χ4v) is 9.62. The van der Waals surface area contributed by atoms with E-state index in [1.807, 2.05) is 31.4 Å². The van der Waals surface area contributed by atoms with Crippen molar-refractivity contribution in [1.29, 1.82) is 0 Å². The average molecular weight is 754 g/mol. The van der Waals surface area contributed by atoms with Gasteiger partial charge in [0.1, 0.15) is 33.6 Å². The van der Waals surface area contributed by atoms with E-state index in [1.54, 1.807) is 24.1 Å². The van der Waals surface area contributed by atoms with E-state index < -0.39 is 56.4 Å². The van der Waals surface area contributed by atoms with Crippen LogP contribution in [0.2, 0.25) is 0 Å². The summed E-state index contributed by atoms with van der Waals surface area (Å²) >= 11 is 1.39. The van der Waals surface area contributed by atoms with Crippen LogP contribution in [0.25, 0.3) is 21.6 Å². The van der Waals surface area contributed by atoms with Crippen molar-refractivity contribution in [2.45, 2.75) is 88.0 Å². The van der Waals surface area contributed by atoms with Crippen LogP contribution in [0.15, 0.2) is 35.7 Å². The minimum Gasteiger partial charge on any atom is -0.494 e. The van der Waals surface area contributed by atoms with Crippen LogP contribution in [0.5, 0.6) is 11.5 Å². The second-order valence-electron chi connectivity index (χ2n) is 14.8. The van der Waals surface area contributed by atoms with Crippen molar-refractivity contribution in [3.05, 3.63) is 47.2 Å². The Labute approximate surface area is 306 Å². The number of aromatic nitrogens is 2. The summed E-state index contributed by atoms with van der Waals surface area (Å²) in [6.45, 7) is 4.58. The number of allylic oxidation sites excluding steroid dienone is 1. The molecule has 5 atom stereocenters. The molecule has 3 aliphatic carbocycles. The van der Waals surface area contributed by atoms with E-state index in [2.05, 4.69) is 15.0 Å². The first-order valence-corrected chi connectivity index (χ1v) is 20.3. The zero-order valence-electron chi connectivity index (χ0n) is 29.7. The molecular weight excluding hydrogens is 710 g/mol. The Morgan fingerprint density at radius 3 is 2.62 bits per heavy atom. The number of pyridine rings is 1. The quantitative estimate of drug-likeness (QED) is 0.300. The van der Waals surface area contributed by atoms with Crippen molar-refractivity contribution in [1.82, 2.24) is 24.9 Å². The number of carbonyl (C=O) groups excluding carboxylic acids is 3. The van der Waals surface area contributed by atoms with Crippen molar-refractivity contribution >= 4 is 50.0 Å². The molecular formula is C37H44FN5O7S2. The van der Waals surface area contributed by atoms with Crippen LogP contribution in [0.4, 0.5) is 4.39 Å². The highest BCUT2D eigenvalue weighted by molar-refractivity contribution is 7.91. The summed E-state index contributed by atoms with van der Waals surface area (Å²) in [5, 5.41) is 5.24. The number of sulfonamides is 1. The molecule has 3 fully saturated rings. The monoisotopic (exact) mass is 753 g/mol. The Bertz CT molecular complexity index is 2050. The number of hydrogen-bond donors (Lipinski definition) is 2. The molecule has 0 unspecified atom stereocenters. The van der Waals surface area contributed by atoms with E-state index in [-0.39, 0.29) is 48.3 Å². The number of nitrogens with zero attached hydrogens (tertiary/aromatic N) is 3. The molecule has 3 heterocycles. The van der Waals surface area contributed by atoms with Crippen LogP contribution >= 0.6 is 11.3 Å². The number of fused-ring (bicyclic) bond motifs is 3. The Kier molecular flexibility index (Phi) is 9.78. The lowest BCUT2D eigenvalue weighted by Crippen LogP contribution is -2.54. The zero-order chi connectivity index (χ0) is 36.9. The number of methoxy groups -OCH3 is 1. The molecule has 4 aliphatic rings. The molecule has 3 amide bonds. The molecule has 0 radical (unpaired) electrons. The van der Waals surface area contributed by atoms with Gasteiger partial charge < -0.3 is 19.7 Å². The van der Waals surface area contributed by atoms with Gasteiger partial charge >= 0.3 is 0 Å². The fraction of sp³-hybridized carbons (Fsp3) is 0.541. The average Bonchev–Trinajstić information content (AvgIpc) is 3.98. The minimum atomic E-state index is -3.85. The summed E-state index contributed by atoms with van der Waals surface area (Å²) in [6.07, 6.45) is 7.08. The lowest BCUT2D eigenvalue weighted by molar-refractivity contribution is -0.140. The van der Waals surface area contributed by atoms with Gasteiger partial charge in [0.2, 0.25) is 21.8 Å². The second-order valence-corrected chi connectivity index (χ2v) is 17.6. The maximum atomic E-state index is 15.7. The normalized spacial score (nSPS) is 27.4. The fourth-order valence-electron chi connectivity index (χ4n) is 7.31. The molecule has 0 bridgehead atoms. The number of benzene rings is 1. The molecule has 0 spiro atoms. The molecule has 7 rings (SSSR count). The second kappa shape index (κ2) is 14.0. The summed E-state index contributed by atoms with van der Waals surface area (Å²) < 4.78 is 55.3. The molecule has 278 valence electrons. The maximum Gasteiger partial charge on any atom is 0.259 e. The van der Waals surface area contributed by atoms with E-state index in [0.717, 1.165) is 25.0 Å². The summed E-state index contributed by atoms with van der Waals surface area (Å²) in [5.41, 5.74) is -0.0992. The highest BCUT2D eigenvalue weighted by Crippen LogP contribution is 2.47. The largest absolute Gasteiger partial charge is 0.494 e. The smallest absolute Gasteiger partial charge is 0.259 e. The van der Waals surface area contributed by atoms with Gasteiger partial charge in [0.25, 0.3) is 5.91 Å². The number of hydrogen-bond acceptors (Lipinski definition) is 10. The molecule has 3 aromatic rings. The van der Waals surface area contributed by atoms with E-state index in [4.69, 9.17) is 14.5 Å². The third-order valence-electron chi connectivity index (χ3n) is 10.7. The molecule has 2 N–H and O–H groups in total. The van der Waals surface area contributed by atoms with E-state index >= 15 is 4.39 Å². The first-order valence-electron chi connectivity index (χ1n) is 17.9. The van der Waals surface area contributed by atoms with Gasteiger partial charge in [-0.05, 0) is 69.4 Å². The van der Waals surface area contributed by atoms with Gasteiger partial charge in [0, 0.05) is 36.3 Å². The van der Waals surface area contributed by atoms with Crippen LogP contribution in [0, 0.1) is 23.6 Å². The van der Waals surface area contributed by atoms with Crippen LogP contribution in [0.3, 0.4) is 0 Å². The van der Waals surface area contributed by atoms with Crippen LogP contribution in [0.1, 0.15) is 76.8 Å². The Hall–Kier alpha value is -4.11. The van der Waals surface area contributed by atoms with Gasteiger partial charge in [-0.2, -0.15) is 0 Å². The van der Waals surface area contributed by atoms with Crippen molar-refractivity contribution in [3.63, 3.8) is 0 Å². The lowest BCUT2D eigenvalue weighted by atomic mass is 9.93. The predicted octanol–water partition coefficient (Wildman–Crippen LogP) is 5.08. The lowest BCUT2D eigenvalue weighted by Gasteiger charge is -2.26. The number of nitrogens with one attached hydrogen (secondary N) is 2. The summed E-state index contributed by atoms with van der Waals surface area (Å²) in [6, 6.07) is 4.88. The topological polar surface area (TPSA) is 157 Å². The number of ether oxygens (including phenoxy) is 2. The number of halogens is 1. The van der Waals surface area contributed by atoms with Crippen LogP contribution < -0.4 is 19.5 Å². The molecule has 2 aromatic heterocycles. The SMILES string of the molecule is COc1ccc2c(O[C@@H]3C[C@H]4C(=O)N[C@@]5(C(=O)NS(=O)(=O)C6CC6)C[C@@H]5/C=C\CCCCN(C)C(=O)[C@@H]4C3)cc(-c3nc(C(C)C)cs3)nc2c1F. The van der Waals surface area contributed by atoms with E-state index in [9.17, 15) is 22.8 Å². The van der Waals surface area contributed by atoms with Gasteiger partial charge in [-0.3, -0.25) is 19.1 Å². The van der Waals surface area contributed by atoms with Crippen molar-refractivity contribution in [2.24, 2.45) is 17.8 Å². The summed E-state index contributed by atoms with van der Waals surface area (Å²) in [4.78, 5) is 52.8. The highest BCUT2D eigenvalue weighted by Gasteiger charge is 2.62. The van der Waals surface area contributed by atoms with Gasteiger partial charge in [-0.1, -0.05) is 26.0 Å². The molecule has 1 aromatic carbocycles. The van der Waals surface area contributed by atoms with Crippen LogP contribution in [-0.4, -0.2) is 78.6 Å². The minimum absolute atomic E-state index is 0.0245. The Morgan fingerprint density at radius 2 is 1.90 bits per heavy atom. The molecule has 12 nitrogen and oxygen atoms in total. The van der Waals surface area contributed by atoms with Gasteiger partial charge in [0.05, 0.1) is 29.9 Å².